The molecule has 0 amide bonds. The predicted octanol–water partition coefficient (Wildman–Crippen LogP) is 1.36. The Kier molecular flexibility index (Phi) is 3.92. The number of carboxylic acid groups (broad SMARTS) is 2. The number of hydrogen-bond acceptors (Lipinski definition) is 4. The van der Waals surface area contributed by atoms with Crippen LogP contribution in [-0.4, -0.2) is 34.9 Å². The molecule has 0 aromatic carbocycles. The van der Waals surface area contributed by atoms with Crippen LogP contribution in [0.3, 0.4) is 0 Å². The molecule has 3 unspecified atom stereocenters. The van der Waals surface area contributed by atoms with Crippen LogP contribution in [0.1, 0.15) is 27.7 Å². The summed E-state index contributed by atoms with van der Waals surface area (Å²) in [7, 11) is 0. The van der Waals surface area contributed by atoms with Crippen LogP contribution in [0.5, 0.6) is 0 Å². The van der Waals surface area contributed by atoms with E-state index in [0.29, 0.717) is 0 Å². The Bertz CT molecular complexity index is 435. The van der Waals surface area contributed by atoms with E-state index in [4.69, 9.17) is 10.00 Å². The molecule has 1 heterocycles. The van der Waals surface area contributed by atoms with Gasteiger partial charge in [0.25, 0.3) is 0 Å². The molecule has 2 N–H and O–H groups in total. The maximum absolute atomic E-state index is 11.4. The van der Waals surface area contributed by atoms with Gasteiger partial charge in [0.05, 0.1) is 23.5 Å². The van der Waals surface area contributed by atoms with Crippen LogP contribution in [0.2, 0.25) is 0 Å². The number of hydrogen-bond donors (Lipinski definition) is 2. The van der Waals surface area contributed by atoms with E-state index in [2.05, 4.69) is 0 Å². The Morgan fingerprint density at radius 1 is 1.16 bits per heavy atom. The highest BCUT2D eigenvalue weighted by Gasteiger charge is 2.56. The molecule has 1 rings (SSSR count). The Hall–Kier alpha value is -1.61. The minimum atomic E-state index is -1.23. The summed E-state index contributed by atoms with van der Waals surface area (Å²) >= 11 is 0. The van der Waals surface area contributed by atoms with Gasteiger partial charge in [0, 0.05) is 11.8 Å². The standard InChI is InChI=1S/C13H19NO5/c1-12(2,10(15)16)7-6-19-8(5-14)9(7)13(3,4)11(17)18/h7-9H,6H2,1-4H3,(H,15,16)(H,17,18). The molecule has 1 fully saturated rings. The first kappa shape index (κ1) is 15.4. The van der Waals surface area contributed by atoms with Crippen molar-refractivity contribution in [3.05, 3.63) is 0 Å². The highest BCUT2D eigenvalue weighted by molar-refractivity contribution is 5.76. The lowest BCUT2D eigenvalue weighted by Gasteiger charge is -2.37. The smallest absolute Gasteiger partial charge is 0.309 e. The molecule has 0 saturated carbocycles. The summed E-state index contributed by atoms with van der Waals surface area (Å²) < 4.78 is 5.31. The van der Waals surface area contributed by atoms with E-state index in [1.54, 1.807) is 0 Å². The van der Waals surface area contributed by atoms with E-state index in [0.717, 1.165) is 0 Å². The predicted molar refractivity (Wildman–Crippen MR) is 65.2 cm³/mol. The third kappa shape index (κ3) is 2.43. The lowest BCUT2D eigenvalue weighted by molar-refractivity contribution is -0.158. The van der Waals surface area contributed by atoms with Crippen LogP contribution >= 0.6 is 0 Å². The molecular weight excluding hydrogens is 250 g/mol. The van der Waals surface area contributed by atoms with Gasteiger partial charge in [0.1, 0.15) is 6.10 Å². The number of rotatable bonds is 4. The molecule has 0 aromatic rings. The van der Waals surface area contributed by atoms with Crippen LogP contribution < -0.4 is 0 Å². The Labute approximate surface area is 112 Å². The van der Waals surface area contributed by atoms with Gasteiger partial charge in [-0.1, -0.05) is 0 Å². The van der Waals surface area contributed by atoms with E-state index in [1.807, 2.05) is 6.07 Å². The number of carbonyl (C=O) groups is 2. The molecular formula is C13H19NO5. The topological polar surface area (TPSA) is 108 Å². The van der Waals surface area contributed by atoms with Crippen molar-refractivity contribution in [1.82, 2.24) is 0 Å². The average Bonchev–Trinajstić information content (AvgIpc) is 2.73. The van der Waals surface area contributed by atoms with Crippen molar-refractivity contribution in [1.29, 1.82) is 5.26 Å². The van der Waals surface area contributed by atoms with E-state index in [1.165, 1.54) is 27.7 Å². The van der Waals surface area contributed by atoms with Crippen molar-refractivity contribution < 1.29 is 24.5 Å². The number of carboxylic acids is 2. The maximum atomic E-state index is 11.4. The second-order valence-corrected chi connectivity index (χ2v) is 6.07. The van der Waals surface area contributed by atoms with Crippen LogP contribution in [-0.2, 0) is 14.3 Å². The molecule has 0 radical (unpaired) electrons. The Morgan fingerprint density at radius 2 is 1.63 bits per heavy atom. The molecule has 0 bridgehead atoms. The number of nitriles is 1. The molecule has 0 spiro atoms. The second-order valence-electron chi connectivity index (χ2n) is 6.07. The molecule has 6 nitrogen and oxygen atoms in total. The monoisotopic (exact) mass is 269 g/mol. The van der Waals surface area contributed by atoms with Crippen LogP contribution in [0.4, 0.5) is 0 Å². The molecule has 0 aliphatic carbocycles. The van der Waals surface area contributed by atoms with Gasteiger partial charge < -0.3 is 14.9 Å². The molecule has 106 valence electrons. The third-order valence-corrected chi connectivity index (χ3v) is 4.20. The minimum absolute atomic E-state index is 0.0822. The summed E-state index contributed by atoms with van der Waals surface area (Å²) in [5.74, 6) is -3.28. The van der Waals surface area contributed by atoms with Crippen molar-refractivity contribution >= 4 is 11.9 Å². The Balaban J connectivity index is 3.24. The summed E-state index contributed by atoms with van der Waals surface area (Å²) in [6.07, 6.45) is -0.894. The minimum Gasteiger partial charge on any atom is -0.481 e. The molecule has 3 atom stereocenters. The first-order chi connectivity index (χ1) is 8.56. The first-order valence-electron chi connectivity index (χ1n) is 6.04. The largest absolute Gasteiger partial charge is 0.481 e. The molecule has 19 heavy (non-hydrogen) atoms. The molecule has 6 heteroatoms. The van der Waals surface area contributed by atoms with Crippen LogP contribution in [0.15, 0.2) is 0 Å². The lowest BCUT2D eigenvalue weighted by Crippen LogP contribution is -2.46. The summed E-state index contributed by atoms with van der Waals surface area (Å²) in [6.45, 7) is 6.16. The fourth-order valence-corrected chi connectivity index (χ4v) is 2.58. The van der Waals surface area contributed by atoms with Gasteiger partial charge in [-0.25, -0.2) is 0 Å². The van der Waals surface area contributed by atoms with E-state index < -0.39 is 40.7 Å². The number of nitrogens with zero attached hydrogens (tertiary/aromatic N) is 1. The summed E-state index contributed by atoms with van der Waals surface area (Å²) in [5.41, 5.74) is -2.38. The zero-order chi connectivity index (χ0) is 15.0. The lowest BCUT2D eigenvalue weighted by atomic mass is 9.62. The van der Waals surface area contributed by atoms with Crippen molar-refractivity contribution in [3.8, 4) is 6.07 Å². The van der Waals surface area contributed by atoms with Crippen molar-refractivity contribution in [2.24, 2.45) is 22.7 Å². The van der Waals surface area contributed by atoms with Crippen molar-refractivity contribution in [2.45, 2.75) is 33.8 Å². The van der Waals surface area contributed by atoms with E-state index in [9.17, 15) is 19.8 Å². The summed E-state index contributed by atoms with van der Waals surface area (Å²) in [4.78, 5) is 22.8. The first-order valence-corrected chi connectivity index (χ1v) is 6.04. The third-order valence-electron chi connectivity index (χ3n) is 4.20. The molecule has 1 aliphatic rings. The highest BCUT2D eigenvalue weighted by atomic mass is 16.5. The molecule has 0 aromatic heterocycles. The van der Waals surface area contributed by atoms with Gasteiger partial charge in [0.15, 0.2) is 0 Å². The van der Waals surface area contributed by atoms with E-state index >= 15 is 0 Å². The zero-order valence-electron chi connectivity index (χ0n) is 11.5. The van der Waals surface area contributed by atoms with Gasteiger partial charge in [-0.15, -0.1) is 0 Å². The molecule has 1 aliphatic heterocycles. The quantitative estimate of drug-likeness (QED) is 0.797. The van der Waals surface area contributed by atoms with Crippen molar-refractivity contribution in [2.75, 3.05) is 6.61 Å². The number of aliphatic carboxylic acids is 2. The second kappa shape index (κ2) is 4.82. The maximum Gasteiger partial charge on any atom is 0.309 e. The van der Waals surface area contributed by atoms with Gasteiger partial charge in [0.2, 0.25) is 0 Å². The van der Waals surface area contributed by atoms with E-state index in [-0.39, 0.29) is 6.61 Å². The Morgan fingerprint density at radius 3 is 2.00 bits per heavy atom. The average molecular weight is 269 g/mol. The summed E-state index contributed by atoms with van der Waals surface area (Å²) in [5, 5.41) is 27.7. The SMILES string of the molecule is CC(C)(C(=O)O)C1COC(C#N)C1C(C)(C)C(=O)O. The number of ether oxygens (including phenoxy) is 1. The van der Waals surface area contributed by atoms with Gasteiger partial charge in [-0.2, -0.15) is 5.26 Å². The fourth-order valence-electron chi connectivity index (χ4n) is 2.58. The van der Waals surface area contributed by atoms with Crippen LogP contribution in [0.25, 0.3) is 0 Å². The van der Waals surface area contributed by atoms with Gasteiger partial charge >= 0.3 is 11.9 Å². The van der Waals surface area contributed by atoms with Gasteiger partial charge in [-0.3, -0.25) is 9.59 Å². The zero-order valence-corrected chi connectivity index (χ0v) is 11.5. The van der Waals surface area contributed by atoms with Gasteiger partial charge in [-0.05, 0) is 27.7 Å². The fraction of sp³-hybridized carbons (Fsp3) is 0.769. The highest BCUT2D eigenvalue weighted by Crippen LogP contribution is 2.48. The molecule has 1 saturated heterocycles. The normalized spacial score (nSPS) is 27.8. The summed E-state index contributed by atoms with van der Waals surface area (Å²) in [6, 6.07) is 1.94. The van der Waals surface area contributed by atoms with Crippen molar-refractivity contribution in [3.63, 3.8) is 0 Å². The van der Waals surface area contributed by atoms with Crippen LogP contribution in [0, 0.1) is 34.0 Å².